The first kappa shape index (κ1) is 15.7. The summed E-state index contributed by atoms with van der Waals surface area (Å²) < 4.78 is 5.27. The van der Waals surface area contributed by atoms with Gasteiger partial charge in [-0.25, -0.2) is 0 Å². The summed E-state index contributed by atoms with van der Waals surface area (Å²) in [5.41, 5.74) is 6.36. The second kappa shape index (κ2) is 7.28. The number of thioether (sulfide) groups is 1. The maximum atomic E-state index is 11.9. The number of nitrogen functional groups attached to an aromatic ring is 1. The van der Waals surface area contributed by atoms with Crippen LogP contribution in [0.4, 0.5) is 5.69 Å². The first-order valence-electron chi connectivity index (χ1n) is 6.32. The fourth-order valence-corrected chi connectivity index (χ4v) is 2.45. The molecule has 0 spiro atoms. The molecule has 0 radical (unpaired) electrons. The zero-order chi connectivity index (χ0) is 14.4. The van der Waals surface area contributed by atoms with Crippen molar-refractivity contribution in [1.82, 2.24) is 5.32 Å². The molecule has 106 valence electrons. The number of hydrogen-bond donors (Lipinski definition) is 2. The Kier molecular flexibility index (Phi) is 6.02. The number of carbonyl (C=O) groups excluding carboxylic acids is 1. The predicted molar refractivity (Wildman–Crippen MR) is 80.6 cm³/mol. The van der Waals surface area contributed by atoms with Crippen LogP contribution < -0.4 is 15.8 Å². The quantitative estimate of drug-likeness (QED) is 0.621. The predicted octanol–water partition coefficient (Wildman–Crippen LogP) is 2.53. The van der Waals surface area contributed by atoms with Crippen molar-refractivity contribution in [2.75, 3.05) is 19.4 Å². The third kappa shape index (κ3) is 5.03. The summed E-state index contributed by atoms with van der Waals surface area (Å²) >= 11 is 1.47. The number of anilines is 1. The molecule has 5 heteroatoms. The molecule has 1 aromatic carbocycles. The van der Waals surface area contributed by atoms with Gasteiger partial charge in [-0.3, -0.25) is 4.79 Å². The number of carbonyl (C=O) groups is 1. The van der Waals surface area contributed by atoms with Gasteiger partial charge in [0.1, 0.15) is 5.75 Å². The molecule has 4 nitrogen and oxygen atoms in total. The van der Waals surface area contributed by atoms with E-state index in [1.54, 1.807) is 13.2 Å². The first-order valence-corrected chi connectivity index (χ1v) is 7.20. The Balaban J connectivity index is 2.65. The van der Waals surface area contributed by atoms with Crippen LogP contribution in [-0.4, -0.2) is 24.8 Å². The molecule has 1 unspecified atom stereocenters. The van der Waals surface area contributed by atoms with Crippen molar-refractivity contribution in [3.63, 3.8) is 0 Å². The zero-order valence-electron chi connectivity index (χ0n) is 11.9. The van der Waals surface area contributed by atoms with E-state index in [1.807, 2.05) is 19.1 Å². The minimum atomic E-state index is -0.170. The molecule has 1 rings (SSSR count). The summed E-state index contributed by atoms with van der Waals surface area (Å²) in [5.74, 6) is 1.19. The molecule has 0 saturated heterocycles. The van der Waals surface area contributed by atoms with E-state index in [0.717, 1.165) is 4.90 Å². The number of methoxy groups -OCH3 is 1. The van der Waals surface area contributed by atoms with Gasteiger partial charge in [-0.1, -0.05) is 13.8 Å². The van der Waals surface area contributed by atoms with Crippen molar-refractivity contribution in [3.8, 4) is 5.75 Å². The summed E-state index contributed by atoms with van der Waals surface area (Å²) in [4.78, 5) is 12.8. The first-order chi connectivity index (χ1) is 8.93. The third-order valence-corrected chi connectivity index (χ3v) is 3.70. The lowest BCUT2D eigenvalue weighted by molar-refractivity contribution is -0.120. The van der Waals surface area contributed by atoms with Crippen LogP contribution >= 0.6 is 11.8 Å². The van der Waals surface area contributed by atoms with E-state index in [-0.39, 0.29) is 11.2 Å². The fraction of sp³-hybridized carbons (Fsp3) is 0.500. The van der Waals surface area contributed by atoms with Gasteiger partial charge in [0.05, 0.1) is 17.3 Å². The van der Waals surface area contributed by atoms with Gasteiger partial charge in [0.15, 0.2) is 0 Å². The van der Waals surface area contributed by atoms with Crippen LogP contribution in [0.3, 0.4) is 0 Å². The van der Waals surface area contributed by atoms with Gasteiger partial charge in [0.25, 0.3) is 0 Å². The van der Waals surface area contributed by atoms with E-state index < -0.39 is 0 Å². The van der Waals surface area contributed by atoms with E-state index in [2.05, 4.69) is 19.2 Å². The molecular weight excluding hydrogens is 260 g/mol. The number of rotatable bonds is 6. The number of benzene rings is 1. The van der Waals surface area contributed by atoms with Crippen molar-refractivity contribution in [2.24, 2.45) is 5.92 Å². The van der Waals surface area contributed by atoms with Gasteiger partial charge in [-0.15, -0.1) is 11.8 Å². The Bertz CT molecular complexity index is 435. The van der Waals surface area contributed by atoms with E-state index in [4.69, 9.17) is 10.5 Å². The standard InChI is InChI=1S/C14H22N2O2S/c1-9(2)8-16-14(17)10(3)19-13-6-5-11(15)7-12(13)18-4/h5-7,9-10H,8,15H2,1-4H3,(H,16,17). The van der Waals surface area contributed by atoms with E-state index in [1.165, 1.54) is 11.8 Å². The van der Waals surface area contributed by atoms with Crippen molar-refractivity contribution < 1.29 is 9.53 Å². The highest BCUT2D eigenvalue weighted by Gasteiger charge is 2.16. The summed E-state index contributed by atoms with van der Waals surface area (Å²) in [6.45, 7) is 6.72. The number of amides is 1. The highest BCUT2D eigenvalue weighted by atomic mass is 32.2. The second-order valence-corrected chi connectivity index (χ2v) is 6.19. The Labute approximate surface area is 119 Å². The highest BCUT2D eigenvalue weighted by molar-refractivity contribution is 8.00. The smallest absolute Gasteiger partial charge is 0.233 e. The lowest BCUT2D eigenvalue weighted by atomic mass is 10.2. The zero-order valence-corrected chi connectivity index (χ0v) is 12.7. The lowest BCUT2D eigenvalue weighted by Gasteiger charge is -2.15. The third-order valence-electron chi connectivity index (χ3n) is 2.55. The summed E-state index contributed by atoms with van der Waals surface area (Å²) in [6, 6.07) is 5.45. The Morgan fingerprint density at radius 3 is 2.68 bits per heavy atom. The SMILES string of the molecule is COc1cc(N)ccc1SC(C)C(=O)NCC(C)C. The van der Waals surface area contributed by atoms with Crippen LogP contribution in [0.15, 0.2) is 23.1 Å². The van der Waals surface area contributed by atoms with E-state index in [9.17, 15) is 4.79 Å². The summed E-state index contributed by atoms with van der Waals surface area (Å²) in [6.07, 6.45) is 0. The van der Waals surface area contributed by atoms with Crippen LogP contribution in [0.25, 0.3) is 0 Å². The minimum absolute atomic E-state index is 0.0394. The average molecular weight is 282 g/mol. The molecule has 0 aromatic heterocycles. The number of ether oxygens (including phenoxy) is 1. The van der Waals surface area contributed by atoms with E-state index in [0.29, 0.717) is 23.9 Å². The normalized spacial score (nSPS) is 12.3. The molecule has 3 N–H and O–H groups in total. The second-order valence-electron chi connectivity index (χ2n) is 4.81. The van der Waals surface area contributed by atoms with Crippen LogP contribution in [0.5, 0.6) is 5.75 Å². The van der Waals surface area contributed by atoms with E-state index >= 15 is 0 Å². The largest absolute Gasteiger partial charge is 0.496 e. The molecule has 0 heterocycles. The molecular formula is C14H22N2O2S. The Morgan fingerprint density at radius 1 is 1.42 bits per heavy atom. The molecule has 1 atom stereocenters. The number of hydrogen-bond acceptors (Lipinski definition) is 4. The molecule has 0 bridgehead atoms. The molecule has 0 aliphatic rings. The fourth-order valence-electron chi connectivity index (χ4n) is 1.47. The van der Waals surface area contributed by atoms with Gasteiger partial charge in [0.2, 0.25) is 5.91 Å². The number of nitrogens with one attached hydrogen (secondary N) is 1. The molecule has 1 amide bonds. The molecule has 0 fully saturated rings. The van der Waals surface area contributed by atoms with Crippen molar-refractivity contribution in [2.45, 2.75) is 30.9 Å². The molecule has 1 aromatic rings. The maximum Gasteiger partial charge on any atom is 0.233 e. The van der Waals surface area contributed by atoms with Crippen molar-refractivity contribution >= 4 is 23.4 Å². The molecule has 0 saturated carbocycles. The lowest BCUT2D eigenvalue weighted by Crippen LogP contribution is -2.33. The van der Waals surface area contributed by atoms with Gasteiger partial charge in [-0.05, 0) is 25.0 Å². The van der Waals surface area contributed by atoms with Gasteiger partial charge in [-0.2, -0.15) is 0 Å². The van der Waals surface area contributed by atoms with Gasteiger partial charge >= 0.3 is 0 Å². The van der Waals surface area contributed by atoms with Crippen LogP contribution in [0.2, 0.25) is 0 Å². The van der Waals surface area contributed by atoms with Crippen LogP contribution in [-0.2, 0) is 4.79 Å². The van der Waals surface area contributed by atoms with Crippen molar-refractivity contribution in [3.05, 3.63) is 18.2 Å². The van der Waals surface area contributed by atoms with Crippen molar-refractivity contribution in [1.29, 1.82) is 0 Å². The summed E-state index contributed by atoms with van der Waals surface area (Å²) in [5, 5.41) is 2.76. The Morgan fingerprint density at radius 2 is 2.11 bits per heavy atom. The average Bonchev–Trinajstić information content (AvgIpc) is 2.37. The maximum absolute atomic E-state index is 11.9. The monoisotopic (exact) mass is 282 g/mol. The highest BCUT2D eigenvalue weighted by Crippen LogP contribution is 2.33. The molecule has 0 aliphatic heterocycles. The Hall–Kier alpha value is -1.36. The van der Waals surface area contributed by atoms with Crippen LogP contribution in [0, 0.1) is 5.92 Å². The number of nitrogens with two attached hydrogens (primary N) is 1. The topological polar surface area (TPSA) is 64.3 Å². The molecule has 19 heavy (non-hydrogen) atoms. The van der Waals surface area contributed by atoms with Crippen LogP contribution in [0.1, 0.15) is 20.8 Å². The minimum Gasteiger partial charge on any atom is -0.496 e. The summed E-state index contributed by atoms with van der Waals surface area (Å²) in [7, 11) is 1.60. The molecule has 0 aliphatic carbocycles. The van der Waals surface area contributed by atoms with Gasteiger partial charge < -0.3 is 15.8 Å². The van der Waals surface area contributed by atoms with Gasteiger partial charge in [0, 0.05) is 18.3 Å².